The molecule has 5 rings (SSSR count). The monoisotopic (exact) mass is 561 g/mol. The molecule has 0 saturated heterocycles. The van der Waals surface area contributed by atoms with Crippen LogP contribution in [0.2, 0.25) is 5.02 Å². The van der Waals surface area contributed by atoms with Gasteiger partial charge < -0.3 is 9.64 Å². The standard InChI is InChI=1S/C31H32ClN3O3S/c1-4-34(5-2)18-24-28(31(37)38-6-3)26(20-12-14-22(32)15-13-20)27-23-16-17-35(19-25(23)39-29(27)33-24)30(36)21-10-8-7-9-11-21/h7-15H,4-6,16-19H2,1-3H3. The summed E-state index contributed by atoms with van der Waals surface area (Å²) in [5.74, 6) is -0.338. The zero-order valence-electron chi connectivity index (χ0n) is 22.5. The van der Waals surface area contributed by atoms with Crippen molar-refractivity contribution in [3.05, 3.63) is 86.9 Å². The van der Waals surface area contributed by atoms with E-state index in [0.29, 0.717) is 47.9 Å². The molecule has 1 aliphatic heterocycles. The number of ether oxygens (including phenoxy) is 1. The van der Waals surface area contributed by atoms with Crippen molar-refractivity contribution >= 4 is 45.0 Å². The Balaban J connectivity index is 1.70. The molecule has 8 heteroatoms. The van der Waals surface area contributed by atoms with Gasteiger partial charge in [0.05, 0.1) is 24.4 Å². The van der Waals surface area contributed by atoms with Gasteiger partial charge in [0.15, 0.2) is 0 Å². The summed E-state index contributed by atoms with van der Waals surface area (Å²) in [5, 5.41) is 1.61. The fraction of sp³-hybridized carbons (Fsp3) is 0.323. The van der Waals surface area contributed by atoms with Crippen molar-refractivity contribution in [2.75, 3.05) is 26.2 Å². The van der Waals surface area contributed by atoms with Crippen molar-refractivity contribution < 1.29 is 14.3 Å². The third-order valence-electron chi connectivity index (χ3n) is 7.25. The highest BCUT2D eigenvalue weighted by Gasteiger charge is 2.31. The van der Waals surface area contributed by atoms with Crippen LogP contribution in [-0.4, -0.2) is 52.9 Å². The van der Waals surface area contributed by atoms with E-state index in [1.165, 1.54) is 0 Å². The summed E-state index contributed by atoms with van der Waals surface area (Å²) in [4.78, 5) is 38.0. The Labute approximate surface area is 238 Å². The molecule has 4 aromatic rings. The summed E-state index contributed by atoms with van der Waals surface area (Å²) in [6.07, 6.45) is 0.688. The van der Waals surface area contributed by atoms with Gasteiger partial charge in [-0.3, -0.25) is 9.69 Å². The number of halogens is 1. The van der Waals surface area contributed by atoms with Gasteiger partial charge in [-0.05, 0) is 61.8 Å². The molecule has 0 saturated carbocycles. The second kappa shape index (κ2) is 11.9. The maximum atomic E-state index is 13.6. The highest BCUT2D eigenvalue weighted by Crippen LogP contribution is 2.43. The molecule has 1 aliphatic rings. The SMILES string of the molecule is CCOC(=O)c1c(CN(CC)CC)nc2sc3c(c2c1-c1ccc(Cl)cc1)CCN(C(=O)c1ccccc1)C3. The van der Waals surface area contributed by atoms with E-state index in [0.717, 1.165) is 44.9 Å². The predicted octanol–water partition coefficient (Wildman–Crippen LogP) is 6.83. The Kier molecular flexibility index (Phi) is 8.31. The van der Waals surface area contributed by atoms with Crippen LogP contribution in [0.3, 0.4) is 0 Å². The summed E-state index contributed by atoms with van der Waals surface area (Å²) in [6, 6.07) is 17.0. The van der Waals surface area contributed by atoms with Crippen molar-refractivity contribution in [1.82, 2.24) is 14.8 Å². The molecule has 0 atom stereocenters. The van der Waals surface area contributed by atoms with Gasteiger partial charge in [0.1, 0.15) is 4.83 Å². The van der Waals surface area contributed by atoms with Crippen molar-refractivity contribution in [3.63, 3.8) is 0 Å². The molecular formula is C31H32ClN3O3S. The summed E-state index contributed by atoms with van der Waals surface area (Å²) < 4.78 is 5.60. The van der Waals surface area contributed by atoms with Gasteiger partial charge in [0, 0.05) is 39.5 Å². The molecule has 0 unspecified atom stereocenters. The largest absolute Gasteiger partial charge is 0.462 e. The molecule has 0 aliphatic carbocycles. The van der Waals surface area contributed by atoms with Crippen LogP contribution in [0.5, 0.6) is 0 Å². The zero-order valence-corrected chi connectivity index (χ0v) is 24.1. The lowest BCUT2D eigenvalue weighted by molar-refractivity contribution is 0.0524. The van der Waals surface area contributed by atoms with Crippen LogP contribution >= 0.6 is 22.9 Å². The average Bonchev–Trinajstić information content (AvgIpc) is 3.33. The quantitative estimate of drug-likeness (QED) is 0.221. The number of benzene rings is 2. The molecule has 0 fully saturated rings. The smallest absolute Gasteiger partial charge is 0.340 e. The Morgan fingerprint density at radius 3 is 2.44 bits per heavy atom. The molecule has 0 N–H and O–H groups in total. The average molecular weight is 562 g/mol. The van der Waals surface area contributed by atoms with E-state index in [1.54, 1.807) is 11.3 Å². The fourth-order valence-corrected chi connectivity index (χ4v) is 6.60. The Morgan fingerprint density at radius 1 is 1.05 bits per heavy atom. The van der Waals surface area contributed by atoms with E-state index in [-0.39, 0.29) is 18.5 Å². The minimum atomic E-state index is -0.365. The van der Waals surface area contributed by atoms with E-state index >= 15 is 0 Å². The number of aromatic nitrogens is 1. The normalized spacial score (nSPS) is 13.1. The molecule has 0 bridgehead atoms. The van der Waals surface area contributed by atoms with Gasteiger partial charge in [-0.25, -0.2) is 9.78 Å². The maximum Gasteiger partial charge on any atom is 0.340 e. The van der Waals surface area contributed by atoms with Gasteiger partial charge in [-0.1, -0.05) is 55.8 Å². The van der Waals surface area contributed by atoms with Crippen LogP contribution in [0.25, 0.3) is 21.3 Å². The number of hydrogen-bond acceptors (Lipinski definition) is 6. The van der Waals surface area contributed by atoms with Crippen LogP contribution in [0.1, 0.15) is 57.6 Å². The molecule has 3 heterocycles. The number of esters is 1. The Hall–Kier alpha value is -3.26. The van der Waals surface area contributed by atoms with Crippen LogP contribution in [0.15, 0.2) is 54.6 Å². The number of pyridine rings is 1. The molecule has 1 amide bonds. The van der Waals surface area contributed by atoms with Crippen LogP contribution in [-0.2, 0) is 24.2 Å². The number of carbonyl (C=O) groups excluding carboxylic acids is 2. The molecule has 0 radical (unpaired) electrons. The lowest BCUT2D eigenvalue weighted by atomic mass is 9.91. The molecule has 0 spiro atoms. The predicted molar refractivity (Wildman–Crippen MR) is 158 cm³/mol. The van der Waals surface area contributed by atoms with Gasteiger partial charge in [0.25, 0.3) is 5.91 Å². The molecule has 39 heavy (non-hydrogen) atoms. The highest BCUT2D eigenvalue weighted by molar-refractivity contribution is 7.19. The number of fused-ring (bicyclic) bond motifs is 3. The first-order valence-corrected chi connectivity index (χ1v) is 14.6. The van der Waals surface area contributed by atoms with Gasteiger partial charge >= 0.3 is 5.97 Å². The summed E-state index contributed by atoms with van der Waals surface area (Å²) in [6.45, 7) is 9.65. The van der Waals surface area contributed by atoms with E-state index in [4.69, 9.17) is 21.3 Å². The zero-order chi connectivity index (χ0) is 27.5. The lowest BCUT2D eigenvalue weighted by Gasteiger charge is -2.27. The minimum Gasteiger partial charge on any atom is -0.462 e. The molecule has 202 valence electrons. The number of rotatable bonds is 8. The molecular weight excluding hydrogens is 530 g/mol. The minimum absolute atomic E-state index is 0.0269. The van der Waals surface area contributed by atoms with Gasteiger partial charge in [-0.2, -0.15) is 0 Å². The first-order chi connectivity index (χ1) is 18.9. The van der Waals surface area contributed by atoms with Crippen molar-refractivity contribution in [3.8, 4) is 11.1 Å². The number of nitrogens with zero attached hydrogens (tertiary/aromatic N) is 3. The third kappa shape index (κ3) is 5.44. The van der Waals surface area contributed by atoms with E-state index in [2.05, 4.69) is 18.7 Å². The van der Waals surface area contributed by atoms with Crippen molar-refractivity contribution in [1.29, 1.82) is 0 Å². The highest BCUT2D eigenvalue weighted by atomic mass is 35.5. The maximum absolute atomic E-state index is 13.6. The van der Waals surface area contributed by atoms with Crippen molar-refractivity contribution in [2.45, 2.75) is 40.3 Å². The Bertz CT molecular complexity index is 1500. The van der Waals surface area contributed by atoms with Gasteiger partial charge in [-0.15, -0.1) is 11.3 Å². The number of hydrogen-bond donors (Lipinski definition) is 0. The fourth-order valence-electron chi connectivity index (χ4n) is 5.21. The van der Waals surface area contributed by atoms with Crippen LogP contribution in [0, 0.1) is 0 Å². The van der Waals surface area contributed by atoms with E-state index in [9.17, 15) is 9.59 Å². The third-order valence-corrected chi connectivity index (χ3v) is 8.61. The van der Waals surface area contributed by atoms with Gasteiger partial charge in [0.2, 0.25) is 0 Å². The molecule has 2 aromatic carbocycles. The van der Waals surface area contributed by atoms with Crippen LogP contribution in [0.4, 0.5) is 0 Å². The first-order valence-electron chi connectivity index (χ1n) is 13.4. The summed E-state index contributed by atoms with van der Waals surface area (Å²) >= 11 is 7.87. The van der Waals surface area contributed by atoms with E-state index in [1.807, 2.05) is 66.4 Å². The molecule has 6 nitrogen and oxygen atoms in total. The second-order valence-electron chi connectivity index (χ2n) is 9.52. The topological polar surface area (TPSA) is 62.7 Å². The lowest BCUT2D eigenvalue weighted by Crippen LogP contribution is -2.35. The summed E-state index contributed by atoms with van der Waals surface area (Å²) in [5.41, 5.74) is 4.82. The Morgan fingerprint density at radius 2 is 1.77 bits per heavy atom. The number of thiophene rings is 1. The molecule has 2 aromatic heterocycles. The number of amides is 1. The number of carbonyl (C=O) groups is 2. The summed E-state index contributed by atoms with van der Waals surface area (Å²) in [7, 11) is 0. The second-order valence-corrected chi connectivity index (χ2v) is 11.0. The van der Waals surface area contributed by atoms with E-state index < -0.39 is 0 Å². The first kappa shape index (κ1) is 27.3. The van der Waals surface area contributed by atoms with Crippen molar-refractivity contribution in [2.24, 2.45) is 0 Å². The van der Waals surface area contributed by atoms with Crippen LogP contribution < -0.4 is 0 Å².